The van der Waals surface area contributed by atoms with Crippen molar-refractivity contribution in [3.05, 3.63) is 0 Å². The van der Waals surface area contributed by atoms with Crippen LogP contribution in [0.5, 0.6) is 0 Å². The number of Topliss-reactive ketones (excluding diaryl/α,β-unsaturated/α-hetero) is 1. The molecule has 4 aliphatic carbocycles. The highest BCUT2D eigenvalue weighted by Crippen LogP contribution is 2.68. The predicted molar refractivity (Wildman–Crippen MR) is 168 cm³/mol. The van der Waals surface area contributed by atoms with E-state index in [4.69, 9.17) is 4.74 Å². The lowest BCUT2D eigenvalue weighted by atomic mass is 9.43. The molecule has 9 heteroatoms. The number of hydrogen-bond acceptors (Lipinski definition) is 8. The van der Waals surface area contributed by atoms with Crippen LogP contribution in [0.2, 0.25) is 0 Å². The molecule has 4 saturated carbocycles. The van der Waals surface area contributed by atoms with E-state index >= 15 is 0 Å². The molecule has 0 spiro atoms. The lowest BCUT2D eigenvalue weighted by Gasteiger charge is -2.62. The van der Waals surface area contributed by atoms with Gasteiger partial charge in [-0.2, -0.15) is 0 Å². The first-order chi connectivity index (χ1) is 20.4. The molecular weight excluding hydrogens is 564 g/mol. The topological polar surface area (TPSA) is 125 Å². The van der Waals surface area contributed by atoms with Crippen LogP contribution in [-0.4, -0.2) is 75.8 Å². The van der Waals surface area contributed by atoms with Gasteiger partial charge in [-0.25, -0.2) is 0 Å². The number of piperidine rings is 1. The van der Waals surface area contributed by atoms with Gasteiger partial charge in [0.25, 0.3) is 0 Å². The van der Waals surface area contributed by atoms with Crippen LogP contribution in [0.25, 0.3) is 0 Å². The monoisotopic (exact) mass is 620 g/mol. The maximum Gasteiger partial charge on any atom is 0.316 e. The minimum Gasteiger partial charge on any atom is -0.461 e. The van der Waals surface area contributed by atoms with Crippen LogP contribution in [0, 0.1) is 34.0 Å². The van der Waals surface area contributed by atoms with Gasteiger partial charge in [0.2, 0.25) is 5.91 Å². The van der Waals surface area contributed by atoms with Crippen LogP contribution < -0.4 is 10.6 Å². The lowest BCUT2D eigenvalue weighted by Crippen LogP contribution is -2.63. The molecule has 5 fully saturated rings. The fraction of sp³-hybridized carbons (Fsp3) is 0.912. The van der Waals surface area contributed by atoms with Crippen molar-refractivity contribution < 1.29 is 29.3 Å². The Hall–Kier alpha value is -1.16. The van der Waals surface area contributed by atoms with E-state index in [-0.39, 0.29) is 63.9 Å². The van der Waals surface area contributed by atoms with Crippen molar-refractivity contribution in [2.45, 2.75) is 147 Å². The van der Waals surface area contributed by atoms with Crippen molar-refractivity contribution in [2.24, 2.45) is 34.0 Å². The van der Waals surface area contributed by atoms with Crippen molar-refractivity contribution in [1.82, 2.24) is 10.6 Å². The third-order valence-corrected chi connectivity index (χ3v) is 14.5. The van der Waals surface area contributed by atoms with E-state index in [0.717, 1.165) is 57.9 Å². The molecule has 12 atom stereocenters. The van der Waals surface area contributed by atoms with Gasteiger partial charge in [0.05, 0.1) is 24.0 Å². The zero-order valence-electron chi connectivity index (χ0n) is 27.0. The van der Waals surface area contributed by atoms with Crippen molar-refractivity contribution in [1.29, 1.82) is 0 Å². The highest BCUT2D eigenvalue weighted by Gasteiger charge is 2.68. The number of ketones is 1. The average molecular weight is 621 g/mol. The number of esters is 1. The quantitative estimate of drug-likeness (QED) is 0.309. The third-order valence-electron chi connectivity index (χ3n) is 13.1. The summed E-state index contributed by atoms with van der Waals surface area (Å²) in [5.74, 6) is 0.0913. The standard InChI is InChI=1S/C34H56N2O6S/c1-6-32(4)18-27(33(5)20(2)12-14-34(21(3)30(32)40)15-13-25(38)29(33)34)42-28(39)19-43-26-17-22(10-11-24(26)37)36-31(41)23-9-7-8-16-35-23/h20-24,26-27,29-30,35,37,40H,6-19H2,1-5H3,(H,36,41)/t20?,21-,22+,23+,24-,26+,27+,29-,30-,32+,33-,34?/m0/s1. The smallest absolute Gasteiger partial charge is 0.316 e. The summed E-state index contributed by atoms with van der Waals surface area (Å²) in [6.07, 6.45) is 7.89. The van der Waals surface area contributed by atoms with Gasteiger partial charge in [0.1, 0.15) is 11.9 Å². The van der Waals surface area contributed by atoms with Crippen LogP contribution in [-0.2, 0) is 19.1 Å². The number of aliphatic hydroxyl groups excluding tert-OH is 2. The number of rotatable bonds is 7. The molecule has 8 nitrogen and oxygen atoms in total. The van der Waals surface area contributed by atoms with Crippen LogP contribution in [0.4, 0.5) is 0 Å². The van der Waals surface area contributed by atoms with E-state index in [1.807, 2.05) is 0 Å². The number of carbonyl (C=O) groups is 3. The Morgan fingerprint density at radius 3 is 2.56 bits per heavy atom. The summed E-state index contributed by atoms with van der Waals surface area (Å²) in [7, 11) is 0. The molecule has 0 aromatic heterocycles. The highest BCUT2D eigenvalue weighted by molar-refractivity contribution is 8.00. The van der Waals surface area contributed by atoms with Crippen molar-refractivity contribution in [3.63, 3.8) is 0 Å². The summed E-state index contributed by atoms with van der Waals surface area (Å²) in [5.41, 5.74) is -1.19. The number of ether oxygens (including phenoxy) is 1. The highest BCUT2D eigenvalue weighted by atomic mass is 32.2. The van der Waals surface area contributed by atoms with Gasteiger partial charge in [-0.05, 0) is 93.4 Å². The number of carbonyl (C=O) groups excluding carboxylic acids is 3. The predicted octanol–water partition coefficient (Wildman–Crippen LogP) is 4.39. The zero-order valence-corrected chi connectivity index (χ0v) is 27.8. The minimum atomic E-state index is -0.576. The Kier molecular flexibility index (Phi) is 9.98. The number of nitrogens with one attached hydrogen (secondary N) is 2. The maximum absolute atomic E-state index is 13.6. The summed E-state index contributed by atoms with van der Waals surface area (Å²) >= 11 is 1.42. The number of amides is 1. The summed E-state index contributed by atoms with van der Waals surface area (Å²) in [6.45, 7) is 11.6. The Bertz CT molecular complexity index is 1050. The van der Waals surface area contributed by atoms with Crippen molar-refractivity contribution in [2.75, 3.05) is 12.3 Å². The molecule has 1 aliphatic heterocycles. The Morgan fingerprint density at radius 1 is 1.09 bits per heavy atom. The van der Waals surface area contributed by atoms with E-state index in [0.29, 0.717) is 25.7 Å². The molecule has 5 aliphatic rings. The van der Waals surface area contributed by atoms with Gasteiger partial charge in [-0.15, -0.1) is 11.8 Å². The summed E-state index contributed by atoms with van der Waals surface area (Å²) in [6, 6.07) is -0.161. The molecule has 244 valence electrons. The van der Waals surface area contributed by atoms with E-state index in [9.17, 15) is 24.6 Å². The molecule has 0 aromatic carbocycles. The van der Waals surface area contributed by atoms with E-state index in [2.05, 4.69) is 45.3 Å². The fourth-order valence-electron chi connectivity index (χ4n) is 9.88. The Morgan fingerprint density at radius 2 is 1.86 bits per heavy atom. The molecule has 1 heterocycles. The first-order valence-electron chi connectivity index (χ1n) is 17.1. The first-order valence-corrected chi connectivity index (χ1v) is 18.1. The third kappa shape index (κ3) is 6.06. The van der Waals surface area contributed by atoms with Gasteiger partial charge >= 0.3 is 5.97 Å². The maximum atomic E-state index is 13.6. The molecule has 0 radical (unpaired) electrons. The summed E-state index contributed by atoms with van der Waals surface area (Å²) < 4.78 is 6.43. The summed E-state index contributed by atoms with van der Waals surface area (Å²) in [5, 5.41) is 28.9. The fourth-order valence-corrected chi connectivity index (χ4v) is 11.0. The molecule has 1 amide bonds. The Balaban J connectivity index is 1.28. The van der Waals surface area contributed by atoms with E-state index in [1.165, 1.54) is 11.8 Å². The zero-order chi connectivity index (χ0) is 31.2. The number of thioether (sulfide) groups is 1. The molecule has 0 aromatic rings. The van der Waals surface area contributed by atoms with Gasteiger partial charge in [0.15, 0.2) is 0 Å². The first kappa shape index (κ1) is 33.2. The van der Waals surface area contributed by atoms with Crippen LogP contribution >= 0.6 is 11.8 Å². The van der Waals surface area contributed by atoms with Crippen LogP contribution in [0.1, 0.15) is 112 Å². The van der Waals surface area contributed by atoms with Gasteiger partial charge in [-0.1, -0.05) is 41.0 Å². The molecule has 4 N–H and O–H groups in total. The van der Waals surface area contributed by atoms with Gasteiger partial charge in [-0.3, -0.25) is 14.4 Å². The second-order valence-electron chi connectivity index (χ2n) is 15.3. The second-order valence-corrected chi connectivity index (χ2v) is 16.5. The number of aliphatic hydroxyl groups is 2. The molecule has 2 unspecified atom stereocenters. The van der Waals surface area contributed by atoms with Crippen LogP contribution in [0.15, 0.2) is 0 Å². The Labute approximate surface area is 262 Å². The van der Waals surface area contributed by atoms with Crippen LogP contribution in [0.3, 0.4) is 0 Å². The second kappa shape index (κ2) is 12.9. The lowest BCUT2D eigenvalue weighted by molar-refractivity contribution is -0.211. The van der Waals surface area contributed by atoms with Gasteiger partial charge in [0, 0.05) is 29.0 Å². The number of hydrogen-bond donors (Lipinski definition) is 4. The molecule has 43 heavy (non-hydrogen) atoms. The minimum absolute atomic E-state index is 0.00283. The molecular formula is C34H56N2O6S. The average Bonchev–Trinajstić information content (AvgIpc) is 3.36. The van der Waals surface area contributed by atoms with E-state index < -0.39 is 29.1 Å². The van der Waals surface area contributed by atoms with Crippen molar-refractivity contribution >= 4 is 29.4 Å². The SMILES string of the molecule is CC[C@]1(C)C[C@@H](OC(=O)CS[C@@H]2C[C@H](NC(=O)[C@H]3CCCCN3)CC[C@@H]2O)[C@]2(C)C(C)CCC3(CCC(=O)[C@H]32)[C@@H](C)[C@@H]1O. The normalized spacial score (nSPS) is 46.8. The van der Waals surface area contributed by atoms with Crippen molar-refractivity contribution in [3.8, 4) is 0 Å². The molecule has 1 saturated heterocycles. The largest absolute Gasteiger partial charge is 0.461 e. The van der Waals surface area contributed by atoms with Gasteiger partial charge < -0.3 is 25.6 Å². The summed E-state index contributed by atoms with van der Waals surface area (Å²) in [4.78, 5) is 40.0. The van der Waals surface area contributed by atoms with E-state index in [1.54, 1.807) is 0 Å². The molecule has 2 bridgehead atoms. The molecule has 5 rings (SSSR count).